The molecule has 9 nitrogen and oxygen atoms in total. The van der Waals surface area contributed by atoms with Crippen molar-refractivity contribution in [3.8, 4) is 0 Å². The summed E-state index contributed by atoms with van der Waals surface area (Å²) in [6, 6.07) is 0. The number of halogens is 1. The van der Waals surface area contributed by atoms with Crippen LogP contribution in [0.1, 0.15) is 0 Å². The van der Waals surface area contributed by atoms with E-state index in [4.69, 9.17) is 16.3 Å². The molecule has 112 valence electrons. The van der Waals surface area contributed by atoms with Crippen LogP contribution in [-0.2, 0) is 11.3 Å². The van der Waals surface area contributed by atoms with Gasteiger partial charge in [-0.3, -0.25) is 4.68 Å². The van der Waals surface area contributed by atoms with Crippen molar-refractivity contribution >= 4 is 23.5 Å². The predicted molar refractivity (Wildman–Crippen MR) is 76.4 cm³/mol. The van der Waals surface area contributed by atoms with Crippen molar-refractivity contribution < 1.29 is 4.74 Å². The van der Waals surface area contributed by atoms with Crippen LogP contribution in [0.2, 0.25) is 5.28 Å². The molecule has 1 saturated heterocycles. The highest BCUT2D eigenvalue weighted by Gasteiger charge is 2.15. The highest BCUT2D eigenvalue weighted by molar-refractivity contribution is 6.28. The van der Waals surface area contributed by atoms with Gasteiger partial charge in [0.1, 0.15) is 0 Å². The number of ether oxygens (including phenoxy) is 1. The minimum atomic E-state index is 0.176. The van der Waals surface area contributed by atoms with Crippen LogP contribution < -0.4 is 10.2 Å². The van der Waals surface area contributed by atoms with Crippen LogP contribution in [0.3, 0.4) is 0 Å². The minimum Gasteiger partial charge on any atom is -0.378 e. The molecule has 1 aliphatic rings. The van der Waals surface area contributed by atoms with Crippen molar-refractivity contribution in [1.29, 1.82) is 0 Å². The highest BCUT2D eigenvalue weighted by atomic mass is 35.5. The number of rotatable bonds is 5. The summed E-state index contributed by atoms with van der Waals surface area (Å²) in [5.41, 5.74) is 0. The fraction of sp³-hybridized carbons (Fsp3) is 0.545. The lowest BCUT2D eigenvalue weighted by molar-refractivity contribution is 0.122. The lowest BCUT2D eigenvalue weighted by atomic mass is 10.4. The Morgan fingerprint density at radius 1 is 1.24 bits per heavy atom. The van der Waals surface area contributed by atoms with Gasteiger partial charge in [-0.25, -0.2) is 0 Å². The predicted octanol–water partition coefficient (Wildman–Crippen LogP) is 0.0652. The van der Waals surface area contributed by atoms with Gasteiger partial charge in [-0.1, -0.05) is 5.21 Å². The molecule has 0 aromatic carbocycles. The molecule has 2 aromatic rings. The molecule has 0 atom stereocenters. The first-order valence-corrected chi connectivity index (χ1v) is 7.01. The summed E-state index contributed by atoms with van der Waals surface area (Å²) < 4.78 is 7.03. The lowest BCUT2D eigenvalue weighted by Gasteiger charge is -2.26. The molecule has 1 aliphatic heterocycles. The van der Waals surface area contributed by atoms with E-state index in [1.54, 1.807) is 17.1 Å². The van der Waals surface area contributed by atoms with Gasteiger partial charge in [0.2, 0.25) is 17.2 Å². The molecule has 10 heteroatoms. The van der Waals surface area contributed by atoms with Crippen LogP contribution in [0.5, 0.6) is 0 Å². The van der Waals surface area contributed by atoms with Gasteiger partial charge in [-0.15, -0.1) is 5.10 Å². The van der Waals surface area contributed by atoms with E-state index in [0.717, 1.165) is 13.1 Å². The SMILES string of the molecule is Clc1nc(NCCn2ccnn2)nc(N2CCOCC2)n1. The number of aromatic nitrogens is 6. The molecule has 0 amide bonds. The molecular weight excluding hydrogens is 296 g/mol. The average molecular weight is 311 g/mol. The smallest absolute Gasteiger partial charge is 0.231 e. The fourth-order valence-electron chi connectivity index (χ4n) is 1.96. The Morgan fingerprint density at radius 2 is 2.10 bits per heavy atom. The standard InChI is InChI=1S/C11H15ClN8O/c12-9-15-10(13-1-3-20-4-2-14-18-20)17-11(16-9)19-5-7-21-8-6-19/h2,4H,1,3,5-8H2,(H,13,15,16,17). The summed E-state index contributed by atoms with van der Waals surface area (Å²) in [4.78, 5) is 14.6. The number of hydrogen-bond donors (Lipinski definition) is 1. The Labute approximate surface area is 126 Å². The number of hydrogen-bond acceptors (Lipinski definition) is 8. The maximum Gasteiger partial charge on any atom is 0.231 e. The minimum absolute atomic E-state index is 0.176. The van der Waals surface area contributed by atoms with Crippen molar-refractivity contribution in [3.63, 3.8) is 0 Å². The number of nitrogens with zero attached hydrogens (tertiary/aromatic N) is 7. The zero-order valence-corrected chi connectivity index (χ0v) is 12.1. The maximum absolute atomic E-state index is 5.96. The summed E-state index contributed by atoms with van der Waals surface area (Å²) >= 11 is 5.96. The van der Waals surface area contributed by atoms with Crippen LogP contribution in [0.15, 0.2) is 12.4 Å². The fourth-order valence-corrected chi connectivity index (χ4v) is 2.11. The van der Waals surface area contributed by atoms with Gasteiger partial charge in [0.25, 0.3) is 0 Å². The second kappa shape index (κ2) is 6.64. The topological polar surface area (TPSA) is 93.9 Å². The molecule has 21 heavy (non-hydrogen) atoms. The molecule has 1 N–H and O–H groups in total. The van der Waals surface area contributed by atoms with Crippen LogP contribution in [0, 0.1) is 0 Å². The molecular formula is C11H15ClN8O. The summed E-state index contributed by atoms with van der Waals surface area (Å²) in [6.45, 7) is 4.11. The van der Waals surface area contributed by atoms with Crippen molar-refractivity contribution in [2.24, 2.45) is 0 Å². The summed E-state index contributed by atoms with van der Waals surface area (Å²) in [6.07, 6.45) is 3.43. The van der Waals surface area contributed by atoms with E-state index in [1.165, 1.54) is 0 Å². The van der Waals surface area contributed by atoms with Gasteiger partial charge in [0, 0.05) is 25.8 Å². The Hall–Kier alpha value is -2.00. The summed E-state index contributed by atoms with van der Waals surface area (Å²) in [7, 11) is 0. The van der Waals surface area contributed by atoms with Gasteiger partial charge in [0.15, 0.2) is 0 Å². The van der Waals surface area contributed by atoms with E-state index in [1.807, 2.05) is 4.90 Å². The van der Waals surface area contributed by atoms with Crippen molar-refractivity contribution in [3.05, 3.63) is 17.7 Å². The average Bonchev–Trinajstić information content (AvgIpc) is 3.01. The third-order valence-corrected chi connectivity index (χ3v) is 3.16. The lowest BCUT2D eigenvalue weighted by Crippen LogP contribution is -2.37. The van der Waals surface area contributed by atoms with Crippen LogP contribution in [-0.4, -0.2) is 62.8 Å². The number of morpholine rings is 1. The van der Waals surface area contributed by atoms with E-state index in [9.17, 15) is 0 Å². The van der Waals surface area contributed by atoms with E-state index in [2.05, 4.69) is 30.6 Å². The molecule has 0 unspecified atom stereocenters. The Balaban J connectivity index is 1.63. The second-order valence-corrected chi connectivity index (χ2v) is 4.76. The van der Waals surface area contributed by atoms with Gasteiger partial charge in [-0.05, 0) is 11.6 Å². The molecule has 1 fully saturated rings. The molecule has 0 bridgehead atoms. The largest absolute Gasteiger partial charge is 0.378 e. The first kappa shape index (κ1) is 14.0. The van der Waals surface area contributed by atoms with Crippen molar-refractivity contribution in [2.75, 3.05) is 43.1 Å². The molecule has 2 aromatic heterocycles. The first-order chi connectivity index (χ1) is 10.3. The van der Waals surface area contributed by atoms with E-state index in [-0.39, 0.29) is 5.28 Å². The van der Waals surface area contributed by atoms with Gasteiger partial charge < -0.3 is 15.0 Å². The Morgan fingerprint density at radius 3 is 2.86 bits per heavy atom. The normalized spacial score (nSPS) is 15.2. The molecule has 3 heterocycles. The molecule has 0 radical (unpaired) electrons. The van der Waals surface area contributed by atoms with Crippen LogP contribution in [0.25, 0.3) is 0 Å². The molecule has 0 spiro atoms. The van der Waals surface area contributed by atoms with E-state index in [0.29, 0.717) is 38.2 Å². The Kier molecular flexibility index (Phi) is 4.41. The van der Waals surface area contributed by atoms with Gasteiger partial charge >= 0.3 is 0 Å². The van der Waals surface area contributed by atoms with Crippen molar-refractivity contribution in [1.82, 2.24) is 29.9 Å². The van der Waals surface area contributed by atoms with E-state index < -0.39 is 0 Å². The molecule has 0 saturated carbocycles. The Bertz CT molecular complexity index is 572. The summed E-state index contributed by atoms with van der Waals surface area (Å²) in [5, 5.41) is 10.9. The highest BCUT2D eigenvalue weighted by Crippen LogP contribution is 2.14. The third kappa shape index (κ3) is 3.76. The molecule has 3 rings (SSSR count). The zero-order chi connectivity index (χ0) is 14.5. The number of anilines is 2. The summed E-state index contributed by atoms with van der Waals surface area (Å²) in [5.74, 6) is 1.03. The van der Waals surface area contributed by atoms with Crippen LogP contribution >= 0.6 is 11.6 Å². The second-order valence-electron chi connectivity index (χ2n) is 4.42. The zero-order valence-electron chi connectivity index (χ0n) is 11.3. The monoisotopic (exact) mass is 310 g/mol. The van der Waals surface area contributed by atoms with Crippen LogP contribution in [0.4, 0.5) is 11.9 Å². The van der Waals surface area contributed by atoms with Gasteiger partial charge in [-0.2, -0.15) is 15.0 Å². The maximum atomic E-state index is 5.96. The molecule has 0 aliphatic carbocycles. The quantitative estimate of drug-likeness (QED) is 0.829. The third-order valence-electron chi connectivity index (χ3n) is 2.99. The van der Waals surface area contributed by atoms with Gasteiger partial charge in [0.05, 0.1) is 26.0 Å². The first-order valence-electron chi connectivity index (χ1n) is 6.63. The van der Waals surface area contributed by atoms with Crippen molar-refractivity contribution in [2.45, 2.75) is 6.54 Å². The number of nitrogens with one attached hydrogen (secondary N) is 1. The van der Waals surface area contributed by atoms with E-state index >= 15 is 0 Å².